The molecule has 0 heterocycles. The molecule has 0 aromatic carbocycles. The van der Waals surface area contributed by atoms with Gasteiger partial charge in [0, 0.05) is 12.8 Å². The van der Waals surface area contributed by atoms with Crippen LogP contribution in [0.25, 0.3) is 0 Å². The van der Waals surface area contributed by atoms with E-state index in [1.54, 1.807) is 6.08 Å². The molecule has 80 heavy (non-hydrogen) atoms. The van der Waals surface area contributed by atoms with Crippen molar-refractivity contribution in [2.45, 2.75) is 290 Å². The molecule has 0 spiro atoms. The first-order valence-electron chi connectivity index (χ1n) is 32.8. The predicted molar refractivity (Wildman–Crippen MR) is 348 cm³/mol. The second kappa shape index (κ2) is 66.8. The van der Waals surface area contributed by atoms with E-state index in [1.165, 1.54) is 135 Å². The second-order valence-electron chi connectivity index (χ2n) is 21.3. The fourth-order valence-electron chi connectivity index (χ4n) is 8.80. The van der Waals surface area contributed by atoms with Crippen molar-refractivity contribution >= 4 is 17.9 Å². The van der Waals surface area contributed by atoms with Gasteiger partial charge < -0.3 is 14.2 Å². The summed E-state index contributed by atoms with van der Waals surface area (Å²) in [6.07, 6.45) is 96.1. The van der Waals surface area contributed by atoms with Crippen LogP contribution >= 0.6 is 0 Å². The van der Waals surface area contributed by atoms with Gasteiger partial charge in [0.25, 0.3) is 0 Å². The quantitative estimate of drug-likeness (QED) is 0.0261. The number of esters is 3. The van der Waals surface area contributed by atoms with Crippen molar-refractivity contribution in [2.75, 3.05) is 13.2 Å². The molecular weight excluding hydrogens is 985 g/mol. The molecule has 0 saturated heterocycles. The first-order valence-corrected chi connectivity index (χ1v) is 32.8. The molecule has 0 rings (SSSR count). The molecule has 0 aromatic rings. The number of hydrogen-bond acceptors (Lipinski definition) is 6. The largest absolute Gasteiger partial charge is 0.462 e. The van der Waals surface area contributed by atoms with E-state index in [2.05, 4.69) is 154 Å². The van der Waals surface area contributed by atoms with Crippen molar-refractivity contribution in [2.24, 2.45) is 0 Å². The lowest BCUT2D eigenvalue weighted by Crippen LogP contribution is -2.30. The fraction of sp³-hybridized carbons (Fsp3) is 0.635. The normalized spacial score (nSPS) is 13.1. The van der Waals surface area contributed by atoms with Gasteiger partial charge in [-0.05, 0) is 96.3 Å². The molecule has 0 amide bonds. The van der Waals surface area contributed by atoms with Crippen molar-refractivity contribution in [3.63, 3.8) is 0 Å². The highest BCUT2D eigenvalue weighted by Gasteiger charge is 2.19. The van der Waals surface area contributed by atoms with Crippen molar-refractivity contribution in [1.82, 2.24) is 0 Å². The van der Waals surface area contributed by atoms with Crippen LogP contribution in [-0.2, 0) is 28.6 Å². The van der Waals surface area contributed by atoms with Gasteiger partial charge in [0.2, 0.25) is 0 Å². The van der Waals surface area contributed by atoms with Crippen LogP contribution in [0.5, 0.6) is 0 Å². The van der Waals surface area contributed by atoms with E-state index < -0.39 is 18.0 Å². The Bertz CT molecular complexity index is 1750. The van der Waals surface area contributed by atoms with E-state index in [0.29, 0.717) is 12.8 Å². The summed E-state index contributed by atoms with van der Waals surface area (Å²) in [7, 11) is 0. The zero-order chi connectivity index (χ0) is 57.8. The van der Waals surface area contributed by atoms with E-state index in [1.807, 2.05) is 6.08 Å². The molecule has 452 valence electrons. The lowest BCUT2D eigenvalue weighted by Gasteiger charge is -2.18. The highest BCUT2D eigenvalue weighted by Crippen LogP contribution is 2.17. The van der Waals surface area contributed by atoms with Crippen LogP contribution in [0.4, 0.5) is 0 Å². The molecule has 0 radical (unpaired) electrons. The van der Waals surface area contributed by atoms with Crippen LogP contribution in [0.3, 0.4) is 0 Å². The SMILES string of the molecule is CC/C=C\C/C=C\C/C=C\C/C=C\C/C=C\C/C=C\C/C=C\CCCC(=O)OC(COC(=O)C/C=C\C/C=C\C/C=C\C/C=C\C/C=C\CC)COC(=O)CCCCCCCCCCCCCCCCCCCCCCCCCC. The highest BCUT2D eigenvalue weighted by molar-refractivity contribution is 5.72. The van der Waals surface area contributed by atoms with Gasteiger partial charge in [-0.25, -0.2) is 0 Å². The molecule has 0 bridgehead atoms. The summed E-state index contributed by atoms with van der Waals surface area (Å²) in [6, 6.07) is 0. The van der Waals surface area contributed by atoms with Crippen molar-refractivity contribution in [1.29, 1.82) is 0 Å². The van der Waals surface area contributed by atoms with Crippen LogP contribution in [0.15, 0.2) is 146 Å². The molecule has 0 aromatic heterocycles. The number of allylic oxidation sites excluding steroid dienone is 23. The van der Waals surface area contributed by atoms with E-state index in [4.69, 9.17) is 14.2 Å². The van der Waals surface area contributed by atoms with Crippen molar-refractivity contribution in [3.05, 3.63) is 146 Å². The average molecular weight is 1110 g/mol. The predicted octanol–water partition coefficient (Wildman–Crippen LogP) is 22.7. The third-order valence-electron chi connectivity index (χ3n) is 13.6. The Morgan fingerprint density at radius 3 is 0.863 bits per heavy atom. The van der Waals surface area contributed by atoms with Gasteiger partial charge in [-0.15, -0.1) is 0 Å². The van der Waals surface area contributed by atoms with Crippen molar-refractivity contribution in [3.8, 4) is 0 Å². The fourth-order valence-corrected chi connectivity index (χ4v) is 8.80. The number of unbranched alkanes of at least 4 members (excludes halogenated alkanes) is 24. The first kappa shape index (κ1) is 75.3. The minimum Gasteiger partial charge on any atom is -0.462 e. The number of hydrogen-bond donors (Lipinski definition) is 0. The molecule has 1 unspecified atom stereocenters. The molecule has 0 aliphatic heterocycles. The lowest BCUT2D eigenvalue weighted by atomic mass is 10.0. The Morgan fingerprint density at radius 1 is 0.275 bits per heavy atom. The minimum atomic E-state index is -0.855. The zero-order valence-electron chi connectivity index (χ0n) is 51.8. The summed E-state index contributed by atoms with van der Waals surface area (Å²) in [5.74, 6) is -1.13. The Morgan fingerprint density at radius 2 is 0.537 bits per heavy atom. The molecule has 6 nitrogen and oxygen atoms in total. The monoisotopic (exact) mass is 1100 g/mol. The van der Waals surface area contributed by atoms with Crippen LogP contribution in [0.2, 0.25) is 0 Å². The maximum atomic E-state index is 12.9. The van der Waals surface area contributed by atoms with E-state index in [9.17, 15) is 14.4 Å². The molecule has 0 saturated carbocycles. The average Bonchev–Trinajstić information content (AvgIpc) is 3.46. The number of carbonyl (C=O) groups is 3. The number of rotatable bonds is 58. The molecular formula is C74H120O6. The molecule has 0 aliphatic carbocycles. The number of carbonyl (C=O) groups excluding carboxylic acids is 3. The van der Waals surface area contributed by atoms with E-state index >= 15 is 0 Å². The summed E-state index contributed by atoms with van der Waals surface area (Å²) in [6.45, 7) is 6.30. The van der Waals surface area contributed by atoms with Gasteiger partial charge in [0.1, 0.15) is 13.2 Å². The maximum absolute atomic E-state index is 12.9. The lowest BCUT2D eigenvalue weighted by molar-refractivity contribution is -0.166. The molecule has 0 fully saturated rings. The molecule has 1 atom stereocenters. The maximum Gasteiger partial charge on any atom is 0.309 e. The van der Waals surface area contributed by atoms with Gasteiger partial charge in [-0.3, -0.25) is 14.4 Å². The molecule has 0 N–H and O–H groups in total. The van der Waals surface area contributed by atoms with Crippen LogP contribution in [0, 0.1) is 0 Å². The second-order valence-corrected chi connectivity index (χ2v) is 21.3. The highest BCUT2D eigenvalue weighted by atomic mass is 16.6. The summed E-state index contributed by atoms with van der Waals surface area (Å²) < 4.78 is 16.8. The van der Waals surface area contributed by atoms with Crippen LogP contribution in [-0.4, -0.2) is 37.2 Å². The van der Waals surface area contributed by atoms with Gasteiger partial charge >= 0.3 is 17.9 Å². The smallest absolute Gasteiger partial charge is 0.309 e. The number of ether oxygens (including phenoxy) is 3. The molecule has 0 aliphatic rings. The first-order chi connectivity index (χ1) is 39.5. The van der Waals surface area contributed by atoms with Gasteiger partial charge in [0.15, 0.2) is 6.10 Å². The standard InChI is InChI=1S/C74H120O6/c1-4-7-10-13-16-19-22-25-28-30-32-34-36-38-39-41-43-46-49-52-55-58-61-64-67-73(76)79-70-71(69-78-72(75)66-63-60-57-54-51-48-45-27-24-21-18-15-12-9-6-3)80-74(77)68-65-62-59-56-53-50-47-44-42-40-37-35-33-31-29-26-23-20-17-14-11-8-5-2/h8-9,11-12,17-18,20-21,26-27,29,33,35,40,42,45,47,50-51,54,56,59-60,63,71H,4-7,10,13-16,19,22-25,28,30-32,34,36-39,41,43-44,46,48-49,52-53,55,57-58,61-62,64-70H2,1-3H3/b11-8-,12-9-,20-17-,21-18-,29-26-,35-33-,42-40-,45-27-,50-47-,54-51-,59-56-,63-60-. The third kappa shape index (κ3) is 64.1. The van der Waals surface area contributed by atoms with Gasteiger partial charge in [0.05, 0.1) is 6.42 Å². The zero-order valence-corrected chi connectivity index (χ0v) is 51.8. The minimum absolute atomic E-state index is 0.110. The Hall–Kier alpha value is -4.71. The summed E-state index contributed by atoms with van der Waals surface area (Å²) in [4.78, 5) is 38.3. The van der Waals surface area contributed by atoms with E-state index in [0.717, 1.165) is 103 Å². The molecule has 6 heteroatoms. The Labute approximate surface area is 493 Å². The Kier molecular flexibility index (Phi) is 62.9. The third-order valence-corrected chi connectivity index (χ3v) is 13.6. The van der Waals surface area contributed by atoms with Gasteiger partial charge in [-0.1, -0.05) is 314 Å². The topological polar surface area (TPSA) is 78.9 Å². The van der Waals surface area contributed by atoms with Gasteiger partial charge in [-0.2, -0.15) is 0 Å². The van der Waals surface area contributed by atoms with Crippen LogP contribution < -0.4 is 0 Å². The summed E-state index contributed by atoms with van der Waals surface area (Å²) in [5.41, 5.74) is 0. The summed E-state index contributed by atoms with van der Waals surface area (Å²) >= 11 is 0. The van der Waals surface area contributed by atoms with E-state index in [-0.39, 0.29) is 32.0 Å². The summed E-state index contributed by atoms with van der Waals surface area (Å²) in [5, 5.41) is 0. The Balaban J connectivity index is 4.50. The van der Waals surface area contributed by atoms with Crippen LogP contribution in [0.1, 0.15) is 284 Å². The van der Waals surface area contributed by atoms with Crippen molar-refractivity contribution < 1.29 is 28.6 Å².